The summed E-state index contributed by atoms with van der Waals surface area (Å²) >= 11 is 1.36. The summed E-state index contributed by atoms with van der Waals surface area (Å²) < 4.78 is 0. The van der Waals surface area contributed by atoms with Gasteiger partial charge in [0, 0.05) is 27.7 Å². The lowest BCUT2D eigenvalue weighted by molar-refractivity contribution is 0.0766. The van der Waals surface area contributed by atoms with Gasteiger partial charge in [-0.25, -0.2) is 4.98 Å². The van der Waals surface area contributed by atoms with Gasteiger partial charge >= 0.3 is 0 Å². The van der Waals surface area contributed by atoms with E-state index in [1.807, 2.05) is 26.0 Å². The van der Waals surface area contributed by atoms with Gasteiger partial charge in [0.05, 0.1) is 0 Å². The number of hydrogen-bond acceptors (Lipinski definition) is 5. The molecule has 1 aliphatic rings. The van der Waals surface area contributed by atoms with Crippen LogP contribution in [-0.4, -0.2) is 43.5 Å². The first-order chi connectivity index (χ1) is 9.49. The highest BCUT2D eigenvalue weighted by molar-refractivity contribution is 7.18. The average molecular weight is 296 g/mol. The maximum absolute atomic E-state index is 12.5. The molecule has 1 aliphatic carbocycles. The molecule has 5 nitrogen and oxygen atoms in total. The number of nitrogen functional groups attached to an aromatic ring is 1. The van der Waals surface area contributed by atoms with Crippen LogP contribution < -0.4 is 10.6 Å². The summed E-state index contributed by atoms with van der Waals surface area (Å²) in [7, 11) is 5.67. The fourth-order valence-electron chi connectivity index (χ4n) is 2.68. The molecule has 0 aromatic carbocycles. The number of anilines is 2. The van der Waals surface area contributed by atoms with Gasteiger partial charge in [-0.1, -0.05) is 30.6 Å². The van der Waals surface area contributed by atoms with Crippen LogP contribution in [0.3, 0.4) is 0 Å². The van der Waals surface area contributed by atoms with Crippen molar-refractivity contribution in [3.8, 4) is 0 Å². The van der Waals surface area contributed by atoms with Gasteiger partial charge in [-0.05, 0) is 18.8 Å². The predicted molar refractivity (Wildman–Crippen MR) is 84.4 cm³/mol. The highest BCUT2D eigenvalue weighted by Gasteiger charge is 2.23. The fourth-order valence-corrected chi connectivity index (χ4v) is 3.58. The zero-order valence-electron chi connectivity index (χ0n) is 12.6. The number of hydrogen-bond donors (Lipinski definition) is 1. The van der Waals surface area contributed by atoms with Crippen molar-refractivity contribution >= 4 is 28.2 Å². The number of carbonyl (C=O) groups excluding carboxylic acids is 1. The molecule has 1 saturated carbocycles. The van der Waals surface area contributed by atoms with Gasteiger partial charge in [0.15, 0.2) is 5.13 Å². The van der Waals surface area contributed by atoms with E-state index in [-0.39, 0.29) is 5.91 Å². The number of carbonyl (C=O) groups is 1. The van der Waals surface area contributed by atoms with Crippen LogP contribution >= 0.6 is 11.3 Å². The third-order valence-electron chi connectivity index (χ3n) is 3.82. The van der Waals surface area contributed by atoms with E-state index >= 15 is 0 Å². The molecule has 1 heterocycles. The molecule has 1 amide bonds. The third-order valence-corrected chi connectivity index (χ3v) is 5.05. The Morgan fingerprint density at radius 3 is 2.50 bits per heavy atom. The van der Waals surface area contributed by atoms with Crippen LogP contribution in [-0.2, 0) is 0 Å². The lowest BCUT2D eigenvalue weighted by Gasteiger charge is -2.26. The second-order valence-corrected chi connectivity index (χ2v) is 6.77. The lowest BCUT2D eigenvalue weighted by atomic mass is 9.89. The fraction of sp³-hybridized carbons (Fsp3) is 0.714. The van der Waals surface area contributed by atoms with Crippen LogP contribution in [0.15, 0.2) is 0 Å². The van der Waals surface area contributed by atoms with Crippen LogP contribution in [0.5, 0.6) is 0 Å². The smallest absolute Gasteiger partial charge is 0.267 e. The first kappa shape index (κ1) is 15.1. The summed E-state index contributed by atoms with van der Waals surface area (Å²) in [4.78, 5) is 20.9. The van der Waals surface area contributed by atoms with Crippen molar-refractivity contribution in [3.63, 3.8) is 0 Å². The molecule has 0 spiro atoms. The second kappa shape index (κ2) is 6.43. The van der Waals surface area contributed by atoms with Crippen molar-refractivity contribution in [3.05, 3.63) is 4.88 Å². The van der Waals surface area contributed by atoms with Crippen molar-refractivity contribution in [2.75, 3.05) is 38.3 Å². The van der Waals surface area contributed by atoms with Crippen molar-refractivity contribution < 1.29 is 4.79 Å². The van der Waals surface area contributed by atoms with E-state index in [4.69, 9.17) is 5.73 Å². The van der Waals surface area contributed by atoms with Gasteiger partial charge in [-0.2, -0.15) is 0 Å². The monoisotopic (exact) mass is 296 g/mol. The first-order valence-electron chi connectivity index (χ1n) is 7.18. The Labute approximate surface area is 124 Å². The van der Waals surface area contributed by atoms with Crippen molar-refractivity contribution in [1.29, 1.82) is 0 Å². The molecule has 1 fully saturated rings. The molecule has 0 saturated heterocycles. The van der Waals surface area contributed by atoms with E-state index < -0.39 is 0 Å². The Morgan fingerprint density at radius 2 is 1.95 bits per heavy atom. The summed E-state index contributed by atoms with van der Waals surface area (Å²) in [6, 6.07) is 0. The quantitative estimate of drug-likeness (QED) is 0.927. The Balaban J connectivity index is 2.02. The zero-order valence-corrected chi connectivity index (χ0v) is 13.4. The highest BCUT2D eigenvalue weighted by atomic mass is 32.1. The highest BCUT2D eigenvalue weighted by Crippen LogP contribution is 2.29. The number of nitrogens with zero attached hydrogens (tertiary/aromatic N) is 3. The largest absolute Gasteiger partial charge is 0.382 e. The summed E-state index contributed by atoms with van der Waals surface area (Å²) in [6.45, 7) is 0.827. The molecule has 0 aliphatic heterocycles. The molecule has 6 heteroatoms. The maximum Gasteiger partial charge on any atom is 0.267 e. The number of nitrogens with two attached hydrogens (primary N) is 1. The minimum absolute atomic E-state index is 0.00123. The third kappa shape index (κ3) is 3.42. The molecular formula is C14H24N4OS. The molecule has 2 rings (SSSR count). The molecule has 112 valence electrons. The van der Waals surface area contributed by atoms with Crippen LogP contribution in [0.4, 0.5) is 10.9 Å². The van der Waals surface area contributed by atoms with E-state index in [0.717, 1.165) is 11.7 Å². The standard InChI is InChI=1S/C14H24N4OS/c1-17(2)14-16-12(15)11(20-14)13(19)18(3)9-10-7-5-4-6-8-10/h10H,4-9,15H2,1-3H3. The van der Waals surface area contributed by atoms with Crippen molar-refractivity contribution in [2.45, 2.75) is 32.1 Å². The number of aromatic nitrogens is 1. The van der Waals surface area contributed by atoms with Gasteiger partial charge in [-0.15, -0.1) is 0 Å². The summed E-state index contributed by atoms with van der Waals surface area (Å²) in [5.41, 5.74) is 5.88. The zero-order chi connectivity index (χ0) is 14.7. The Morgan fingerprint density at radius 1 is 1.30 bits per heavy atom. The molecule has 2 N–H and O–H groups in total. The van der Waals surface area contributed by atoms with Gasteiger partial charge in [0.1, 0.15) is 10.7 Å². The summed E-state index contributed by atoms with van der Waals surface area (Å²) in [5, 5.41) is 0.775. The van der Waals surface area contributed by atoms with Crippen molar-refractivity contribution in [2.24, 2.45) is 5.92 Å². The van der Waals surface area contributed by atoms with E-state index in [9.17, 15) is 4.79 Å². The SMILES string of the molecule is CN(CC1CCCCC1)C(=O)c1sc(N(C)C)nc1N. The average Bonchev–Trinajstić information content (AvgIpc) is 2.81. The van der Waals surface area contributed by atoms with Crippen LogP contribution in [0.1, 0.15) is 41.8 Å². The van der Waals surface area contributed by atoms with E-state index in [1.165, 1.54) is 43.4 Å². The minimum Gasteiger partial charge on any atom is -0.382 e. The maximum atomic E-state index is 12.5. The molecule has 20 heavy (non-hydrogen) atoms. The van der Waals surface area contributed by atoms with E-state index in [0.29, 0.717) is 16.6 Å². The number of thiazole rings is 1. The first-order valence-corrected chi connectivity index (χ1v) is 7.99. The van der Waals surface area contributed by atoms with E-state index in [2.05, 4.69) is 4.98 Å². The summed E-state index contributed by atoms with van der Waals surface area (Å²) in [6.07, 6.45) is 6.39. The van der Waals surface area contributed by atoms with E-state index in [1.54, 1.807) is 4.90 Å². The van der Waals surface area contributed by atoms with Gasteiger partial charge < -0.3 is 15.5 Å². The number of amides is 1. The second-order valence-electron chi connectivity index (χ2n) is 5.79. The van der Waals surface area contributed by atoms with Crippen LogP contribution in [0.25, 0.3) is 0 Å². The topological polar surface area (TPSA) is 62.5 Å². The summed E-state index contributed by atoms with van der Waals surface area (Å²) in [5.74, 6) is 0.984. The lowest BCUT2D eigenvalue weighted by Crippen LogP contribution is -2.32. The van der Waals surface area contributed by atoms with Gasteiger partial charge in [0.25, 0.3) is 5.91 Å². The van der Waals surface area contributed by atoms with Crippen LogP contribution in [0, 0.1) is 5.92 Å². The number of rotatable bonds is 4. The van der Waals surface area contributed by atoms with Crippen LogP contribution in [0.2, 0.25) is 0 Å². The molecule has 0 radical (unpaired) electrons. The van der Waals surface area contributed by atoms with Gasteiger partial charge in [0.2, 0.25) is 0 Å². The Hall–Kier alpha value is -1.30. The molecule has 0 bridgehead atoms. The molecule has 1 aromatic heterocycles. The predicted octanol–water partition coefficient (Wildman–Crippen LogP) is 2.44. The Kier molecular flexibility index (Phi) is 4.86. The Bertz CT molecular complexity index is 466. The van der Waals surface area contributed by atoms with Gasteiger partial charge in [-0.3, -0.25) is 4.79 Å². The molecule has 0 unspecified atom stereocenters. The molecular weight excluding hydrogens is 272 g/mol. The minimum atomic E-state index is -0.00123. The van der Waals surface area contributed by atoms with Crippen molar-refractivity contribution in [1.82, 2.24) is 9.88 Å². The molecule has 0 atom stereocenters. The normalized spacial score (nSPS) is 16.1. The molecule has 1 aromatic rings.